The van der Waals surface area contributed by atoms with Crippen LogP contribution in [0.4, 0.5) is 5.82 Å². The molecular weight excluding hydrogens is 1020 g/mol. The number of fused-ring (bicyclic) bond motifs is 1. The van der Waals surface area contributed by atoms with Gasteiger partial charge in [-0.15, -0.1) is 0 Å². The van der Waals surface area contributed by atoms with Gasteiger partial charge in [0.25, 0.3) is 5.91 Å². The Kier molecular flexibility index (Phi) is 17.5. The summed E-state index contributed by atoms with van der Waals surface area (Å²) in [6.45, 7) is 10.8. The second kappa shape index (κ2) is 23.6. The van der Waals surface area contributed by atoms with Gasteiger partial charge in [0.2, 0.25) is 0 Å². The van der Waals surface area contributed by atoms with Crippen LogP contribution in [-0.2, 0) is 34.6 Å². The molecule has 73 heavy (non-hydrogen) atoms. The van der Waals surface area contributed by atoms with E-state index in [1.54, 1.807) is 50.1 Å². The van der Waals surface area contributed by atoms with Crippen molar-refractivity contribution in [2.45, 2.75) is 74.8 Å². The normalized spacial score (nSPS) is 17.7. The van der Waals surface area contributed by atoms with E-state index in [2.05, 4.69) is 61.0 Å². The van der Waals surface area contributed by atoms with Crippen LogP contribution < -0.4 is 19.5 Å². The summed E-state index contributed by atoms with van der Waals surface area (Å²) in [5.41, 5.74) is 3.12. The number of amides is 1. The summed E-state index contributed by atoms with van der Waals surface area (Å²) in [7, 11) is 3.25. The molecule has 1 saturated heterocycles. The molecule has 0 aliphatic carbocycles. The monoisotopic (exact) mass is 1080 g/mol. The fourth-order valence-corrected chi connectivity index (χ4v) is 13.4. The minimum absolute atomic E-state index is 0.0279. The summed E-state index contributed by atoms with van der Waals surface area (Å²) in [5, 5.41) is 3.80. The number of ether oxygens (including phenoxy) is 5. The third kappa shape index (κ3) is 12.4. The largest absolute Gasteiger partial charge is 0.497 e. The van der Waals surface area contributed by atoms with Crippen molar-refractivity contribution < 1.29 is 37.4 Å². The van der Waals surface area contributed by atoms with Crippen LogP contribution in [0.3, 0.4) is 0 Å². The van der Waals surface area contributed by atoms with Crippen molar-refractivity contribution in [3.63, 3.8) is 0 Å². The maximum absolute atomic E-state index is 13.3. The summed E-state index contributed by atoms with van der Waals surface area (Å²) in [5.74, 6) is 2.33. The van der Waals surface area contributed by atoms with Crippen LogP contribution in [0.15, 0.2) is 140 Å². The average molecular weight is 1080 g/mol. The number of hydrogen-bond acceptors (Lipinski definition) is 13. The lowest BCUT2D eigenvalue weighted by atomic mass is 9.80. The molecule has 3 heterocycles. The molecule has 14 nitrogen and oxygen atoms in total. The molecule has 1 aliphatic heterocycles. The van der Waals surface area contributed by atoms with E-state index in [1.165, 1.54) is 6.33 Å². The highest BCUT2D eigenvalue weighted by atomic mass is 35.5. The Balaban J connectivity index is 1.23. The molecule has 0 radical (unpaired) electrons. The molecule has 5 aromatic carbocycles. The van der Waals surface area contributed by atoms with Crippen LogP contribution in [0.1, 0.15) is 49.3 Å². The van der Waals surface area contributed by atoms with Gasteiger partial charge < -0.3 is 38.0 Å². The highest BCUT2D eigenvalue weighted by Crippen LogP contribution is 2.58. The van der Waals surface area contributed by atoms with Crippen LogP contribution >= 0.6 is 42.1 Å². The van der Waals surface area contributed by atoms with E-state index in [0.717, 1.165) is 22.3 Å². The lowest BCUT2D eigenvalue weighted by Gasteiger charge is -2.41. The summed E-state index contributed by atoms with van der Waals surface area (Å²) in [6, 6.07) is 40.6. The van der Waals surface area contributed by atoms with Crippen molar-refractivity contribution in [3.8, 4) is 17.2 Å². The number of carbonyl (C=O) groups is 1. The minimum atomic E-state index is -2.64. The predicted octanol–water partition coefficient (Wildman–Crippen LogP) is 12.6. The van der Waals surface area contributed by atoms with Gasteiger partial charge in [0.15, 0.2) is 45.6 Å². The zero-order chi connectivity index (χ0) is 51.9. The van der Waals surface area contributed by atoms with E-state index in [0.29, 0.717) is 44.2 Å². The molecule has 1 N–H and O–H groups in total. The number of benzene rings is 5. The summed E-state index contributed by atoms with van der Waals surface area (Å²) < 4.78 is 50.9. The number of nitrogens with one attached hydrogen (secondary N) is 1. The Morgan fingerprint density at radius 3 is 2.01 bits per heavy atom. The van der Waals surface area contributed by atoms with Crippen molar-refractivity contribution in [2.75, 3.05) is 46.8 Å². The first-order chi connectivity index (χ1) is 35.0. The SMILES string of the molecule is COc1ccc(C(OC[C@H]2O[C@@H](n3cnc4c(NC(=O)COc5ccccc5)ncnc43)[C@H](O[Si](C)(C)C(C)(C)C)[C@@H]2OP(SCc2ccc(Cl)cc2Cl)N(C)C)(c2ccccc2)c2ccc(OC)cc2)cc1. The number of imidazole rings is 1. The van der Waals surface area contributed by atoms with Crippen molar-refractivity contribution in [3.05, 3.63) is 172 Å². The van der Waals surface area contributed by atoms with E-state index in [1.807, 2.05) is 116 Å². The zero-order valence-electron chi connectivity index (χ0n) is 42.3. The van der Waals surface area contributed by atoms with Gasteiger partial charge in [-0.1, -0.05) is 134 Å². The Morgan fingerprint density at radius 1 is 0.808 bits per heavy atom. The third-order valence-corrected chi connectivity index (χ3v) is 22.1. The second-order valence-electron chi connectivity index (χ2n) is 19.1. The number of para-hydroxylation sites is 1. The minimum Gasteiger partial charge on any atom is -0.497 e. The molecule has 0 spiro atoms. The van der Waals surface area contributed by atoms with E-state index in [9.17, 15) is 4.79 Å². The van der Waals surface area contributed by atoms with Gasteiger partial charge in [-0.2, -0.15) is 0 Å². The maximum atomic E-state index is 13.3. The first kappa shape index (κ1) is 54.2. The quantitative estimate of drug-likeness (QED) is 0.0415. The molecule has 1 fully saturated rings. The topological polar surface area (TPSA) is 141 Å². The molecule has 1 aliphatic rings. The van der Waals surface area contributed by atoms with Crippen LogP contribution in [0.5, 0.6) is 17.2 Å². The third-order valence-electron chi connectivity index (χ3n) is 13.0. The Hall–Kier alpha value is -5.10. The van der Waals surface area contributed by atoms with Crippen LogP contribution in [0.2, 0.25) is 28.2 Å². The standard InChI is InChI=1S/C54H61Cl2N6O8PSSi/c1-53(2,3)73(8,9)70-49-48(69-71(61(4)5)72-33-36-20-25-40(55)30-44(36)56)45(68-52(49)62-35-59-47-50(57-34-58-51(47)62)60-46(63)32-66-43-18-14-11-15-19-43)31-67-54(37-16-12-10-13-17-37,38-21-26-41(64-6)27-22-38)39-23-28-42(65-7)29-24-39/h10-30,34-35,45,48-49,52H,31-33H2,1-9H3,(H,57,58,60,63)/t45-,48-,49-,52-,71?/m1/s1. The number of halogens is 2. The number of nitrogens with zero attached hydrogens (tertiary/aromatic N) is 5. The molecule has 0 bridgehead atoms. The maximum Gasteiger partial charge on any atom is 0.263 e. The van der Waals surface area contributed by atoms with E-state index < -0.39 is 51.9 Å². The van der Waals surface area contributed by atoms with Crippen molar-refractivity contribution in [1.29, 1.82) is 0 Å². The Morgan fingerprint density at radius 2 is 1.42 bits per heavy atom. The van der Waals surface area contributed by atoms with Crippen LogP contribution in [-0.4, -0.2) is 98.3 Å². The zero-order valence-corrected chi connectivity index (χ0v) is 46.5. The van der Waals surface area contributed by atoms with E-state index >= 15 is 0 Å². The lowest BCUT2D eigenvalue weighted by Crippen LogP contribution is -2.49. The summed E-state index contributed by atoms with van der Waals surface area (Å²) in [6.07, 6.45) is -0.00901. The van der Waals surface area contributed by atoms with Gasteiger partial charge in [0.1, 0.15) is 47.5 Å². The highest BCUT2D eigenvalue weighted by molar-refractivity contribution is 8.53. The lowest BCUT2D eigenvalue weighted by molar-refractivity contribution is -0.118. The number of anilines is 1. The first-order valence-corrected chi connectivity index (χ1v) is 30.2. The number of hydrogen-bond donors (Lipinski definition) is 1. The molecule has 8 rings (SSSR count). The van der Waals surface area contributed by atoms with Crippen molar-refractivity contribution in [2.24, 2.45) is 0 Å². The van der Waals surface area contributed by atoms with Gasteiger partial charge in [-0.3, -0.25) is 14.0 Å². The van der Waals surface area contributed by atoms with Gasteiger partial charge in [0.05, 0.1) is 27.2 Å². The number of aromatic nitrogens is 4. The van der Waals surface area contributed by atoms with Gasteiger partial charge in [-0.25, -0.2) is 15.0 Å². The van der Waals surface area contributed by atoms with Crippen molar-refractivity contribution >= 4 is 73.3 Å². The average Bonchev–Trinajstić information content (AvgIpc) is 3.96. The summed E-state index contributed by atoms with van der Waals surface area (Å²) >= 11 is 14.7. The fourth-order valence-electron chi connectivity index (χ4n) is 8.19. The van der Waals surface area contributed by atoms with Crippen LogP contribution in [0.25, 0.3) is 11.2 Å². The predicted molar refractivity (Wildman–Crippen MR) is 293 cm³/mol. The first-order valence-electron chi connectivity index (χ1n) is 23.7. The summed E-state index contributed by atoms with van der Waals surface area (Å²) in [4.78, 5) is 27.3. The van der Waals surface area contributed by atoms with Gasteiger partial charge >= 0.3 is 0 Å². The number of rotatable bonds is 21. The van der Waals surface area contributed by atoms with Crippen molar-refractivity contribution in [1.82, 2.24) is 24.2 Å². The Bertz CT molecular complexity index is 2890. The molecule has 1 unspecified atom stereocenters. The van der Waals surface area contributed by atoms with Crippen LogP contribution in [0, 0.1) is 0 Å². The number of carbonyl (C=O) groups excluding carboxylic acids is 1. The molecule has 384 valence electrons. The smallest absolute Gasteiger partial charge is 0.263 e. The number of methoxy groups -OCH3 is 2. The molecule has 2 aromatic heterocycles. The molecule has 5 atom stereocenters. The molecule has 1 amide bonds. The second-order valence-corrected chi connectivity index (χ2v) is 28.4. The molecule has 7 aromatic rings. The van der Waals surface area contributed by atoms with Gasteiger partial charge in [0, 0.05) is 15.8 Å². The highest BCUT2D eigenvalue weighted by Gasteiger charge is 2.54. The molecule has 19 heteroatoms. The Labute approximate surface area is 443 Å². The molecule has 0 saturated carbocycles. The molecular formula is C54H61Cl2N6O8PSSi. The van der Waals surface area contributed by atoms with Gasteiger partial charge in [-0.05, 0) is 103 Å². The fraction of sp³-hybridized carbons (Fsp3) is 0.333. The van der Waals surface area contributed by atoms with E-state index in [-0.39, 0.29) is 24.1 Å². The van der Waals surface area contributed by atoms with E-state index in [4.69, 9.17) is 65.8 Å².